The molecule has 1 fully saturated rings. The van der Waals surface area contributed by atoms with Crippen LogP contribution in [0.3, 0.4) is 0 Å². The van der Waals surface area contributed by atoms with Gasteiger partial charge in [0.15, 0.2) is 0 Å². The number of esters is 1. The van der Waals surface area contributed by atoms with Crippen LogP contribution >= 0.6 is 0 Å². The second-order valence-electron chi connectivity index (χ2n) is 3.56. The maximum atomic E-state index is 11.4. The Morgan fingerprint density at radius 3 is 3.00 bits per heavy atom. The molecule has 82 valence electrons. The second-order valence-corrected chi connectivity index (χ2v) is 3.56. The Labute approximate surface area is 84.7 Å². The van der Waals surface area contributed by atoms with Crippen LogP contribution in [0.25, 0.3) is 0 Å². The number of carbonyl (C=O) groups excluding carboxylic acids is 1. The van der Waals surface area contributed by atoms with Crippen molar-refractivity contribution in [1.29, 1.82) is 0 Å². The van der Waals surface area contributed by atoms with Gasteiger partial charge in [0.05, 0.1) is 18.6 Å². The van der Waals surface area contributed by atoms with Gasteiger partial charge in [-0.3, -0.25) is 4.79 Å². The van der Waals surface area contributed by atoms with Gasteiger partial charge < -0.3 is 15.2 Å². The van der Waals surface area contributed by atoms with E-state index in [1.807, 2.05) is 0 Å². The van der Waals surface area contributed by atoms with Gasteiger partial charge in [0, 0.05) is 13.2 Å². The summed E-state index contributed by atoms with van der Waals surface area (Å²) in [5.41, 5.74) is 5.53. The van der Waals surface area contributed by atoms with Gasteiger partial charge >= 0.3 is 5.97 Å². The molecule has 4 nitrogen and oxygen atoms in total. The number of nitrogens with two attached hydrogens (primary N) is 1. The quantitative estimate of drug-likeness (QED) is 0.665. The average Bonchev–Trinajstić information content (AvgIpc) is 2.66. The van der Waals surface area contributed by atoms with E-state index in [9.17, 15) is 4.79 Å². The van der Waals surface area contributed by atoms with Crippen LogP contribution in [0, 0.1) is 5.92 Å². The highest BCUT2D eigenvalue weighted by atomic mass is 16.5. The molecule has 2 unspecified atom stereocenters. The van der Waals surface area contributed by atoms with E-state index in [0.717, 1.165) is 19.4 Å². The Morgan fingerprint density at radius 1 is 1.71 bits per heavy atom. The molecule has 0 aliphatic carbocycles. The molecular weight excluding hydrogens is 182 g/mol. The fourth-order valence-electron chi connectivity index (χ4n) is 1.70. The molecule has 0 aromatic carbocycles. The highest BCUT2D eigenvalue weighted by Crippen LogP contribution is 2.20. The lowest BCUT2D eigenvalue weighted by atomic mass is 10.0. The summed E-state index contributed by atoms with van der Waals surface area (Å²) in [5.74, 6) is -0.386. The van der Waals surface area contributed by atoms with Crippen LogP contribution < -0.4 is 5.73 Å². The first-order valence-corrected chi connectivity index (χ1v) is 5.26. The topological polar surface area (TPSA) is 61.5 Å². The number of rotatable bonds is 5. The third-order valence-corrected chi connectivity index (χ3v) is 2.48. The lowest BCUT2D eigenvalue weighted by Crippen LogP contribution is -2.29. The van der Waals surface area contributed by atoms with Gasteiger partial charge in [-0.15, -0.1) is 0 Å². The average molecular weight is 201 g/mol. The van der Waals surface area contributed by atoms with Gasteiger partial charge in [-0.25, -0.2) is 0 Å². The van der Waals surface area contributed by atoms with Crippen molar-refractivity contribution in [2.24, 2.45) is 11.7 Å². The highest BCUT2D eigenvalue weighted by molar-refractivity contribution is 5.72. The Balaban J connectivity index is 2.33. The van der Waals surface area contributed by atoms with Crippen LogP contribution in [0.4, 0.5) is 0 Å². The summed E-state index contributed by atoms with van der Waals surface area (Å²) in [5, 5.41) is 0. The molecule has 0 aromatic heterocycles. The molecular formula is C10H19NO3. The first kappa shape index (κ1) is 11.5. The summed E-state index contributed by atoms with van der Waals surface area (Å²) in [6, 6.07) is 0. The lowest BCUT2D eigenvalue weighted by molar-refractivity contribution is -0.148. The van der Waals surface area contributed by atoms with Crippen LogP contribution in [0.5, 0.6) is 0 Å². The standard InChI is InChI=1S/C10H19NO3/c1-2-13-10(12)8(7-11)6-9-4-3-5-14-9/h8-9H,2-7,11H2,1H3. The van der Waals surface area contributed by atoms with E-state index < -0.39 is 0 Å². The van der Waals surface area contributed by atoms with Gasteiger partial charge in [0.25, 0.3) is 0 Å². The summed E-state index contributed by atoms with van der Waals surface area (Å²) < 4.78 is 10.4. The van der Waals surface area contributed by atoms with Crippen molar-refractivity contribution in [1.82, 2.24) is 0 Å². The molecule has 2 atom stereocenters. The Bertz CT molecular complexity index is 178. The zero-order chi connectivity index (χ0) is 10.4. The minimum Gasteiger partial charge on any atom is -0.466 e. The predicted octanol–water partition coefficient (Wildman–Crippen LogP) is 0.694. The Hall–Kier alpha value is -0.610. The highest BCUT2D eigenvalue weighted by Gasteiger charge is 2.25. The molecule has 2 N–H and O–H groups in total. The molecule has 1 aliphatic rings. The van der Waals surface area contributed by atoms with Gasteiger partial charge in [-0.05, 0) is 26.2 Å². The summed E-state index contributed by atoms with van der Waals surface area (Å²) in [6.07, 6.45) is 3.03. The van der Waals surface area contributed by atoms with Crippen molar-refractivity contribution in [3.05, 3.63) is 0 Å². The normalized spacial score (nSPS) is 23.4. The van der Waals surface area contributed by atoms with Crippen molar-refractivity contribution in [2.45, 2.75) is 32.3 Å². The van der Waals surface area contributed by atoms with Gasteiger partial charge in [-0.2, -0.15) is 0 Å². The van der Waals surface area contributed by atoms with E-state index >= 15 is 0 Å². The molecule has 1 aliphatic heterocycles. The maximum absolute atomic E-state index is 11.4. The van der Waals surface area contributed by atoms with Gasteiger partial charge in [0.1, 0.15) is 0 Å². The SMILES string of the molecule is CCOC(=O)C(CN)CC1CCCO1. The first-order chi connectivity index (χ1) is 6.77. The van der Waals surface area contributed by atoms with Crippen molar-refractivity contribution in [3.8, 4) is 0 Å². The molecule has 1 rings (SSSR count). The van der Waals surface area contributed by atoms with Crippen molar-refractivity contribution >= 4 is 5.97 Å². The molecule has 0 saturated carbocycles. The van der Waals surface area contributed by atoms with E-state index in [-0.39, 0.29) is 18.0 Å². The molecule has 4 heteroatoms. The van der Waals surface area contributed by atoms with Crippen molar-refractivity contribution in [3.63, 3.8) is 0 Å². The largest absolute Gasteiger partial charge is 0.466 e. The summed E-state index contributed by atoms with van der Waals surface area (Å²) in [6.45, 7) is 3.38. The molecule has 1 heterocycles. The second kappa shape index (κ2) is 5.98. The van der Waals surface area contributed by atoms with Gasteiger partial charge in [-0.1, -0.05) is 0 Å². The summed E-state index contributed by atoms with van der Waals surface area (Å²) >= 11 is 0. The minimum absolute atomic E-state index is 0.189. The molecule has 0 bridgehead atoms. The molecule has 0 aromatic rings. The zero-order valence-electron chi connectivity index (χ0n) is 8.70. The molecule has 14 heavy (non-hydrogen) atoms. The van der Waals surface area contributed by atoms with Crippen LogP contribution in [0.15, 0.2) is 0 Å². The Kier molecular flexibility index (Phi) is 4.90. The number of hydrogen-bond acceptors (Lipinski definition) is 4. The van der Waals surface area contributed by atoms with Crippen molar-refractivity contribution in [2.75, 3.05) is 19.8 Å². The molecule has 0 spiro atoms. The van der Waals surface area contributed by atoms with E-state index in [0.29, 0.717) is 19.6 Å². The zero-order valence-corrected chi connectivity index (χ0v) is 8.70. The maximum Gasteiger partial charge on any atom is 0.310 e. The summed E-state index contributed by atoms with van der Waals surface area (Å²) in [7, 11) is 0. The van der Waals surface area contributed by atoms with E-state index in [4.69, 9.17) is 15.2 Å². The van der Waals surface area contributed by atoms with E-state index in [1.165, 1.54) is 0 Å². The van der Waals surface area contributed by atoms with E-state index in [1.54, 1.807) is 6.92 Å². The van der Waals surface area contributed by atoms with Crippen LogP contribution in [0.2, 0.25) is 0 Å². The van der Waals surface area contributed by atoms with Gasteiger partial charge in [0.2, 0.25) is 0 Å². The smallest absolute Gasteiger partial charge is 0.310 e. The van der Waals surface area contributed by atoms with Crippen molar-refractivity contribution < 1.29 is 14.3 Å². The third-order valence-electron chi connectivity index (χ3n) is 2.48. The first-order valence-electron chi connectivity index (χ1n) is 5.26. The van der Waals surface area contributed by atoms with Crippen LogP contribution in [-0.2, 0) is 14.3 Å². The number of ether oxygens (including phenoxy) is 2. The number of carbonyl (C=O) groups is 1. The molecule has 0 amide bonds. The number of hydrogen-bond donors (Lipinski definition) is 1. The third kappa shape index (κ3) is 3.27. The fourth-order valence-corrected chi connectivity index (χ4v) is 1.70. The molecule has 1 saturated heterocycles. The predicted molar refractivity (Wildman–Crippen MR) is 52.8 cm³/mol. The Morgan fingerprint density at radius 2 is 2.50 bits per heavy atom. The molecule has 0 radical (unpaired) electrons. The van der Waals surface area contributed by atoms with E-state index in [2.05, 4.69) is 0 Å². The lowest BCUT2D eigenvalue weighted by Gasteiger charge is -2.16. The van der Waals surface area contributed by atoms with Crippen LogP contribution in [0.1, 0.15) is 26.2 Å². The summed E-state index contributed by atoms with van der Waals surface area (Å²) in [4.78, 5) is 11.4. The monoisotopic (exact) mass is 201 g/mol. The van der Waals surface area contributed by atoms with Crippen LogP contribution in [-0.4, -0.2) is 31.8 Å². The fraction of sp³-hybridized carbons (Fsp3) is 0.900. The minimum atomic E-state index is -0.196.